The smallest absolute Gasteiger partial charge is 0.143 e. The van der Waals surface area contributed by atoms with E-state index in [-0.39, 0.29) is 11.8 Å². The van der Waals surface area contributed by atoms with E-state index in [0.717, 1.165) is 59.4 Å². The van der Waals surface area contributed by atoms with Crippen molar-refractivity contribution in [2.45, 2.75) is 51.5 Å². The lowest BCUT2D eigenvalue weighted by Gasteiger charge is -2.21. The molecule has 1 aromatic heterocycles. The molecule has 5 nitrogen and oxygen atoms in total. The molecule has 0 aliphatic heterocycles. The predicted molar refractivity (Wildman–Crippen MR) is 124 cm³/mol. The van der Waals surface area contributed by atoms with Gasteiger partial charge in [0.15, 0.2) is 0 Å². The first-order valence-electron chi connectivity index (χ1n) is 10.9. The fourth-order valence-electron chi connectivity index (χ4n) is 4.64. The molecule has 160 valence electrons. The van der Waals surface area contributed by atoms with Crippen LogP contribution >= 0.6 is 11.6 Å². The normalized spacial score (nSPS) is 15.1. The lowest BCUT2D eigenvalue weighted by Crippen LogP contribution is -2.21. The van der Waals surface area contributed by atoms with E-state index in [1.165, 1.54) is 0 Å². The maximum atomic E-state index is 13.2. The number of aromatic amines is 1. The summed E-state index contributed by atoms with van der Waals surface area (Å²) in [6, 6.07) is 13.6. The Morgan fingerprint density at radius 1 is 1.26 bits per heavy atom. The maximum Gasteiger partial charge on any atom is 0.143 e. The van der Waals surface area contributed by atoms with Crippen LogP contribution in [0.15, 0.2) is 36.4 Å². The molecule has 1 unspecified atom stereocenters. The highest BCUT2D eigenvalue weighted by Gasteiger charge is 2.31. The number of nitrogens with one attached hydrogen (secondary N) is 2. The van der Waals surface area contributed by atoms with Gasteiger partial charge in [0, 0.05) is 23.4 Å². The zero-order valence-electron chi connectivity index (χ0n) is 17.7. The zero-order chi connectivity index (χ0) is 21.8. The Bertz CT molecular complexity index is 1110. The average molecular weight is 435 g/mol. The van der Waals surface area contributed by atoms with Gasteiger partial charge in [-0.15, -0.1) is 11.6 Å². The van der Waals surface area contributed by atoms with Crippen LogP contribution in [0.2, 0.25) is 0 Å². The molecule has 1 aliphatic carbocycles. The molecule has 0 bridgehead atoms. The summed E-state index contributed by atoms with van der Waals surface area (Å²) in [5, 5.41) is 12.3. The second-order valence-electron chi connectivity index (χ2n) is 8.32. The number of hydrogen-bond acceptors (Lipinski definition) is 4. The number of alkyl halides is 1. The molecule has 1 atom stereocenters. The maximum absolute atomic E-state index is 13.2. The fourth-order valence-corrected chi connectivity index (χ4v) is 4.86. The van der Waals surface area contributed by atoms with E-state index in [0.29, 0.717) is 30.2 Å². The third kappa shape index (κ3) is 4.60. The molecule has 31 heavy (non-hydrogen) atoms. The molecule has 0 radical (unpaired) electrons. The van der Waals surface area contributed by atoms with Gasteiger partial charge in [-0.25, -0.2) is 4.98 Å². The Balaban J connectivity index is 1.56. The van der Waals surface area contributed by atoms with E-state index < -0.39 is 0 Å². The summed E-state index contributed by atoms with van der Waals surface area (Å²) in [6.45, 7) is 2.60. The van der Waals surface area contributed by atoms with Gasteiger partial charge in [0.2, 0.25) is 0 Å². The number of carbonyl (C=O) groups is 1. The third-order valence-corrected chi connectivity index (χ3v) is 6.56. The number of aryl methyl sites for hydroxylation is 1. The van der Waals surface area contributed by atoms with Gasteiger partial charge in [0.1, 0.15) is 11.6 Å². The van der Waals surface area contributed by atoms with Gasteiger partial charge in [-0.3, -0.25) is 4.79 Å². The molecule has 4 rings (SSSR count). The molecule has 3 aromatic rings. The van der Waals surface area contributed by atoms with Gasteiger partial charge in [-0.2, -0.15) is 5.26 Å². The lowest BCUT2D eigenvalue weighted by molar-refractivity contribution is -0.124. The van der Waals surface area contributed by atoms with Crippen molar-refractivity contribution < 1.29 is 4.79 Å². The molecule has 1 fully saturated rings. The number of carbonyl (C=O) groups excluding carboxylic acids is 1. The molecule has 0 spiro atoms. The van der Waals surface area contributed by atoms with Crippen molar-refractivity contribution in [2.75, 3.05) is 11.2 Å². The van der Waals surface area contributed by atoms with Gasteiger partial charge in [0.05, 0.1) is 29.2 Å². The quantitative estimate of drug-likeness (QED) is 0.437. The van der Waals surface area contributed by atoms with E-state index in [1.54, 1.807) is 12.1 Å². The molecule has 6 heteroatoms. The summed E-state index contributed by atoms with van der Waals surface area (Å²) in [4.78, 5) is 21.4. The standard InChI is InChI=1S/C25H27ClN4O/c1-16-20(21(12-13-26)25(31)18-4-2-3-5-18)10-11-22-24(16)30-23(29-22)15-28-19-8-6-17(14-27)7-9-19/h6-11,18,21,28H,2-5,12-13,15H2,1H3,(H,29,30). The minimum atomic E-state index is -0.151. The van der Waals surface area contributed by atoms with Gasteiger partial charge < -0.3 is 10.3 Å². The van der Waals surface area contributed by atoms with Crippen molar-refractivity contribution in [3.63, 3.8) is 0 Å². The first kappa shape index (κ1) is 21.4. The minimum absolute atomic E-state index is 0.151. The number of rotatable bonds is 8. The Kier molecular flexibility index (Phi) is 6.58. The predicted octanol–water partition coefficient (Wildman–Crippen LogP) is 5.83. The molecule has 1 aliphatic rings. The summed E-state index contributed by atoms with van der Waals surface area (Å²) < 4.78 is 0. The number of aromatic nitrogens is 2. The van der Waals surface area contributed by atoms with Crippen molar-refractivity contribution in [1.29, 1.82) is 5.26 Å². The average Bonchev–Trinajstić information content (AvgIpc) is 3.47. The Morgan fingerprint density at radius 2 is 2.00 bits per heavy atom. The number of fused-ring (bicyclic) bond motifs is 1. The van der Waals surface area contributed by atoms with Crippen LogP contribution in [-0.4, -0.2) is 21.6 Å². The van der Waals surface area contributed by atoms with Crippen molar-refractivity contribution in [1.82, 2.24) is 9.97 Å². The Labute approximate surface area is 187 Å². The number of anilines is 1. The first-order valence-corrected chi connectivity index (χ1v) is 11.5. The first-order chi connectivity index (χ1) is 15.1. The number of halogens is 1. The van der Waals surface area contributed by atoms with Crippen molar-refractivity contribution in [3.05, 3.63) is 58.9 Å². The summed E-state index contributed by atoms with van der Waals surface area (Å²) in [6.07, 6.45) is 4.98. The van der Waals surface area contributed by atoms with E-state index in [9.17, 15) is 4.79 Å². The topological polar surface area (TPSA) is 81.6 Å². The van der Waals surface area contributed by atoms with Gasteiger partial charge >= 0.3 is 0 Å². The van der Waals surface area contributed by atoms with Crippen LogP contribution in [-0.2, 0) is 11.3 Å². The molecular formula is C25H27ClN4O. The molecule has 1 heterocycles. The van der Waals surface area contributed by atoms with E-state index in [2.05, 4.69) is 29.4 Å². The largest absolute Gasteiger partial charge is 0.378 e. The van der Waals surface area contributed by atoms with E-state index in [1.807, 2.05) is 18.2 Å². The highest BCUT2D eigenvalue weighted by molar-refractivity contribution is 6.18. The molecule has 0 saturated heterocycles. The van der Waals surface area contributed by atoms with Gasteiger partial charge in [-0.05, 0) is 67.6 Å². The second kappa shape index (κ2) is 9.53. The lowest BCUT2D eigenvalue weighted by atomic mass is 9.82. The molecule has 0 amide bonds. The SMILES string of the molecule is Cc1c(C(CCCl)C(=O)C2CCCC2)ccc2[nH]c(CNc3ccc(C#N)cc3)nc12. The van der Waals surface area contributed by atoms with Crippen LogP contribution in [0.1, 0.15) is 60.5 Å². The van der Waals surface area contributed by atoms with Gasteiger partial charge in [0.25, 0.3) is 0 Å². The van der Waals surface area contributed by atoms with Gasteiger partial charge in [-0.1, -0.05) is 18.9 Å². The Morgan fingerprint density at radius 3 is 2.68 bits per heavy atom. The summed E-state index contributed by atoms with van der Waals surface area (Å²) in [5.41, 5.74) is 5.56. The van der Waals surface area contributed by atoms with Crippen LogP contribution in [0.25, 0.3) is 11.0 Å². The fraction of sp³-hybridized carbons (Fsp3) is 0.400. The minimum Gasteiger partial charge on any atom is -0.378 e. The van der Waals surface area contributed by atoms with Crippen LogP contribution in [0.3, 0.4) is 0 Å². The molecule has 2 aromatic carbocycles. The number of ketones is 1. The van der Waals surface area contributed by atoms with Crippen LogP contribution in [0.4, 0.5) is 5.69 Å². The summed E-state index contributed by atoms with van der Waals surface area (Å²) in [5.74, 6) is 1.67. The molecule has 2 N–H and O–H groups in total. The zero-order valence-corrected chi connectivity index (χ0v) is 18.5. The second-order valence-corrected chi connectivity index (χ2v) is 8.69. The van der Waals surface area contributed by atoms with Crippen molar-refractivity contribution >= 4 is 34.1 Å². The number of imidazole rings is 1. The van der Waals surface area contributed by atoms with Crippen LogP contribution < -0.4 is 5.32 Å². The summed E-state index contributed by atoms with van der Waals surface area (Å²) >= 11 is 6.09. The van der Waals surface area contributed by atoms with E-state index in [4.69, 9.17) is 21.8 Å². The summed E-state index contributed by atoms with van der Waals surface area (Å²) in [7, 11) is 0. The van der Waals surface area contributed by atoms with Crippen LogP contribution in [0, 0.1) is 24.2 Å². The number of H-pyrrole nitrogens is 1. The molecule has 1 saturated carbocycles. The number of nitrogens with zero attached hydrogens (tertiary/aromatic N) is 2. The Hall–Kier alpha value is -2.84. The number of benzene rings is 2. The third-order valence-electron chi connectivity index (χ3n) is 6.35. The monoisotopic (exact) mass is 434 g/mol. The van der Waals surface area contributed by atoms with Crippen molar-refractivity contribution in [2.24, 2.45) is 5.92 Å². The van der Waals surface area contributed by atoms with Crippen LogP contribution in [0.5, 0.6) is 0 Å². The highest BCUT2D eigenvalue weighted by Crippen LogP contribution is 2.35. The number of Topliss-reactive ketones (excluding diaryl/α,β-unsaturated/α-hetero) is 1. The van der Waals surface area contributed by atoms with E-state index >= 15 is 0 Å². The van der Waals surface area contributed by atoms with Crippen molar-refractivity contribution in [3.8, 4) is 6.07 Å². The highest BCUT2D eigenvalue weighted by atomic mass is 35.5. The number of nitriles is 1. The molecular weight excluding hydrogens is 408 g/mol. The number of hydrogen-bond donors (Lipinski definition) is 2.